The number of alkyl halides is 3. The van der Waals surface area contributed by atoms with Crippen molar-refractivity contribution in [1.29, 1.82) is 5.26 Å². The van der Waals surface area contributed by atoms with Gasteiger partial charge in [0, 0.05) is 10.6 Å². The third-order valence-corrected chi connectivity index (χ3v) is 6.18. The Bertz CT molecular complexity index is 1570. The molecule has 0 aliphatic carbocycles. The zero-order valence-electron chi connectivity index (χ0n) is 19.6. The van der Waals surface area contributed by atoms with Crippen LogP contribution in [0.5, 0.6) is 0 Å². The molecule has 2 aromatic heterocycles. The first kappa shape index (κ1) is 27.4. The monoisotopic (exact) mass is 566 g/mol. The van der Waals surface area contributed by atoms with E-state index in [-0.39, 0.29) is 28.6 Å². The molecule has 4 aromatic rings. The SMILES string of the molecule is CC(O)c1nc(Cn2c(C#N)c(-c3ccc(Cl)cc3)n(CC(O)C(F)(F)F)c2=O)nn1-c1ccccc1Cl. The molecule has 14 heteroatoms. The number of hydrogen-bond donors (Lipinski definition) is 2. The van der Waals surface area contributed by atoms with Gasteiger partial charge in [-0.1, -0.05) is 47.5 Å². The molecular formula is C24H19Cl2F3N6O3. The number of aliphatic hydroxyl groups excluding tert-OH is 2. The molecule has 0 saturated heterocycles. The lowest BCUT2D eigenvalue weighted by molar-refractivity contribution is -0.207. The molecule has 0 saturated carbocycles. The predicted octanol–water partition coefficient (Wildman–Crippen LogP) is 4.10. The summed E-state index contributed by atoms with van der Waals surface area (Å²) in [6.07, 6.45) is -8.98. The Morgan fingerprint density at radius 2 is 1.74 bits per heavy atom. The van der Waals surface area contributed by atoms with Gasteiger partial charge in [-0.3, -0.25) is 9.13 Å². The zero-order chi connectivity index (χ0) is 27.8. The first-order chi connectivity index (χ1) is 17.9. The Morgan fingerprint density at radius 1 is 1.08 bits per heavy atom. The third kappa shape index (κ3) is 5.32. The molecule has 0 radical (unpaired) electrons. The number of para-hydroxylation sites is 1. The molecule has 0 spiro atoms. The second-order valence-electron chi connectivity index (χ2n) is 8.28. The van der Waals surface area contributed by atoms with Crippen molar-refractivity contribution in [3.8, 4) is 23.0 Å². The molecule has 198 valence electrons. The Morgan fingerprint density at radius 3 is 2.32 bits per heavy atom. The van der Waals surface area contributed by atoms with Crippen molar-refractivity contribution in [3.05, 3.63) is 86.4 Å². The van der Waals surface area contributed by atoms with E-state index in [9.17, 15) is 33.4 Å². The Balaban J connectivity index is 1.88. The van der Waals surface area contributed by atoms with Gasteiger partial charge in [0.15, 0.2) is 17.8 Å². The van der Waals surface area contributed by atoms with Crippen LogP contribution in [0.4, 0.5) is 13.2 Å². The minimum atomic E-state index is -5.01. The van der Waals surface area contributed by atoms with Crippen LogP contribution in [-0.2, 0) is 13.1 Å². The number of aromatic nitrogens is 5. The number of hydrogen-bond acceptors (Lipinski definition) is 6. The average Bonchev–Trinajstić information content (AvgIpc) is 3.39. The summed E-state index contributed by atoms with van der Waals surface area (Å²) in [6, 6.07) is 14.3. The van der Waals surface area contributed by atoms with Crippen LogP contribution in [0.15, 0.2) is 53.3 Å². The maximum atomic E-state index is 13.4. The van der Waals surface area contributed by atoms with Crippen molar-refractivity contribution in [1.82, 2.24) is 23.9 Å². The van der Waals surface area contributed by atoms with Crippen molar-refractivity contribution in [3.63, 3.8) is 0 Å². The molecule has 2 N–H and O–H groups in total. The fraction of sp³-hybridized carbons (Fsp3) is 0.250. The summed E-state index contributed by atoms with van der Waals surface area (Å²) in [4.78, 5) is 17.6. The highest BCUT2D eigenvalue weighted by Gasteiger charge is 2.39. The van der Waals surface area contributed by atoms with Crippen LogP contribution in [0.3, 0.4) is 0 Å². The molecule has 0 amide bonds. The highest BCUT2D eigenvalue weighted by Crippen LogP contribution is 2.28. The van der Waals surface area contributed by atoms with Crippen LogP contribution in [0.25, 0.3) is 16.9 Å². The summed E-state index contributed by atoms with van der Waals surface area (Å²) in [7, 11) is 0. The van der Waals surface area contributed by atoms with Crippen molar-refractivity contribution in [2.45, 2.75) is 38.4 Å². The molecular weight excluding hydrogens is 548 g/mol. The van der Waals surface area contributed by atoms with E-state index in [4.69, 9.17) is 23.2 Å². The molecule has 2 atom stereocenters. The van der Waals surface area contributed by atoms with Gasteiger partial charge in [0.25, 0.3) is 0 Å². The van der Waals surface area contributed by atoms with Crippen LogP contribution in [0, 0.1) is 11.3 Å². The fourth-order valence-corrected chi connectivity index (χ4v) is 4.19. The molecule has 2 heterocycles. The molecule has 0 fully saturated rings. The maximum absolute atomic E-state index is 13.4. The highest BCUT2D eigenvalue weighted by atomic mass is 35.5. The van der Waals surface area contributed by atoms with E-state index in [0.717, 1.165) is 4.57 Å². The van der Waals surface area contributed by atoms with Gasteiger partial charge in [-0.15, -0.1) is 5.10 Å². The number of aliphatic hydroxyl groups is 2. The van der Waals surface area contributed by atoms with Gasteiger partial charge in [-0.25, -0.2) is 14.5 Å². The fourth-order valence-electron chi connectivity index (χ4n) is 3.85. The van der Waals surface area contributed by atoms with Crippen LogP contribution in [-0.4, -0.2) is 46.4 Å². The lowest BCUT2D eigenvalue weighted by Crippen LogP contribution is -2.37. The lowest BCUT2D eigenvalue weighted by Gasteiger charge is -2.16. The van der Waals surface area contributed by atoms with Crippen molar-refractivity contribution in [2.75, 3.05) is 0 Å². The van der Waals surface area contributed by atoms with E-state index >= 15 is 0 Å². The van der Waals surface area contributed by atoms with Gasteiger partial charge < -0.3 is 10.2 Å². The Labute approximate surface area is 223 Å². The van der Waals surface area contributed by atoms with Crippen molar-refractivity contribution >= 4 is 23.2 Å². The molecule has 2 unspecified atom stereocenters. The minimum Gasteiger partial charge on any atom is -0.385 e. The summed E-state index contributed by atoms with van der Waals surface area (Å²) in [5.74, 6) is 0.0695. The van der Waals surface area contributed by atoms with Crippen molar-refractivity contribution in [2.24, 2.45) is 0 Å². The Hall–Kier alpha value is -3.63. The average molecular weight is 567 g/mol. The molecule has 2 aromatic carbocycles. The van der Waals surface area contributed by atoms with Crippen LogP contribution in [0.2, 0.25) is 10.0 Å². The maximum Gasteiger partial charge on any atom is 0.416 e. The van der Waals surface area contributed by atoms with E-state index in [1.807, 2.05) is 6.07 Å². The van der Waals surface area contributed by atoms with Crippen LogP contribution >= 0.6 is 23.2 Å². The molecule has 38 heavy (non-hydrogen) atoms. The Kier molecular flexibility index (Phi) is 7.66. The van der Waals surface area contributed by atoms with E-state index in [1.54, 1.807) is 24.3 Å². The number of nitrogens with zero attached hydrogens (tertiary/aromatic N) is 6. The molecule has 0 bridgehead atoms. The summed E-state index contributed by atoms with van der Waals surface area (Å²) < 4.78 is 42.5. The van der Waals surface area contributed by atoms with Crippen LogP contribution in [0.1, 0.15) is 30.4 Å². The van der Waals surface area contributed by atoms with E-state index in [1.165, 1.54) is 35.9 Å². The van der Waals surface area contributed by atoms with Gasteiger partial charge in [-0.05, 0) is 31.2 Å². The molecule has 0 aliphatic heterocycles. The largest absolute Gasteiger partial charge is 0.416 e. The molecule has 4 rings (SSSR count). The lowest BCUT2D eigenvalue weighted by atomic mass is 10.1. The normalized spacial score (nSPS) is 13.3. The first-order valence-corrected chi connectivity index (χ1v) is 11.8. The minimum absolute atomic E-state index is 0.0180. The van der Waals surface area contributed by atoms with E-state index in [0.29, 0.717) is 20.3 Å². The number of imidazole rings is 1. The van der Waals surface area contributed by atoms with Crippen molar-refractivity contribution < 1.29 is 23.4 Å². The van der Waals surface area contributed by atoms with Gasteiger partial charge in [-0.2, -0.15) is 18.4 Å². The number of benzene rings is 2. The summed E-state index contributed by atoms with van der Waals surface area (Å²) in [5, 5.41) is 34.9. The van der Waals surface area contributed by atoms with Gasteiger partial charge >= 0.3 is 11.9 Å². The first-order valence-electron chi connectivity index (χ1n) is 11.0. The van der Waals surface area contributed by atoms with Gasteiger partial charge in [0.1, 0.15) is 17.9 Å². The standard InChI is InChI=1S/C24H19Cl2F3N6O3/c1-13(36)22-31-20(32-35(22)17-5-3-2-4-16(17)26)12-33-18(10-30)21(14-6-8-15(25)9-7-14)34(23(33)38)11-19(37)24(27,28)29/h2-9,13,19,36-37H,11-12H2,1H3. The number of rotatable bonds is 7. The molecule has 9 nitrogen and oxygen atoms in total. The quantitative estimate of drug-likeness (QED) is 0.347. The highest BCUT2D eigenvalue weighted by molar-refractivity contribution is 6.32. The second kappa shape index (κ2) is 10.6. The second-order valence-corrected chi connectivity index (χ2v) is 9.12. The van der Waals surface area contributed by atoms with Gasteiger partial charge in [0.2, 0.25) is 0 Å². The third-order valence-electron chi connectivity index (χ3n) is 5.61. The number of halogens is 5. The van der Waals surface area contributed by atoms with Crippen LogP contribution < -0.4 is 5.69 Å². The summed E-state index contributed by atoms with van der Waals surface area (Å²) in [6.45, 7) is -0.126. The predicted molar refractivity (Wildman–Crippen MR) is 132 cm³/mol. The van der Waals surface area contributed by atoms with E-state index < -0.39 is 37.2 Å². The summed E-state index contributed by atoms with van der Waals surface area (Å²) >= 11 is 12.2. The zero-order valence-corrected chi connectivity index (χ0v) is 21.1. The summed E-state index contributed by atoms with van der Waals surface area (Å²) in [5.41, 5.74) is -0.791. The van der Waals surface area contributed by atoms with Gasteiger partial charge in [0.05, 0.1) is 29.5 Å². The smallest absolute Gasteiger partial charge is 0.385 e. The number of nitriles is 1. The molecule has 0 aliphatic rings. The van der Waals surface area contributed by atoms with E-state index in [2.05, 4.69) is 10.1 Å². The topological polar surface area (TPSA) is 122 Å².